The number of carbonyl (C=O) groups excluding carboxylic acids is 2. The van der Waals surface area contributed by atoms with Crippen molar-refractivity contribution in [2.24, 2.45) is 0 Å². The maximum atomic E-state index is 15.1. The van der Waals surface area contributed by atoms with Gasteiger partial charge in [0, 0.05) is 30.4 Å². The highest BCUT2D eigenvalue weighted by Crippen LogP contribution is 2.31. The van der Waals surface area contributed by atoms with Crippen molar-refractivity contribution in [2.45, 2.75) is 6.61 Å². The van der Waals surface area contributed by atoms with Crippen molar-refractivity contribution < 1.29 is 23.1 Å². The van der Waals surface area contributed by atoms with E-state index >= 15 is 8.78 Å². The van der Waals surface area contributed by atoms with Crippen LogP contribution < -0.4 is 0 Å². The van der Waals surface area contributed by atoms with Gasteiger partial charge in [-0.25, -0.2) is 13.5 Å². The number of fused-ring (bicyclic) bond motifs is 2. The van der Waals surface area contributed by atoms with Gasteiger partial charge in [-0.15, -0.1) is 5.10 Å². The Labute approximate surface area is 181 Å². The predicted molar refractivity (Wildman–Crippen MR) is 111 cm³/mol. The van der Waals surface area contributed by atoms with Crippen LogP contribution in [-0.4, -0.2) is 33.7 Å². The van der Waals surface area contributed by atoms with Crippen molar-refractivity contribution in [2.75, 3.05) is 7.11 Å². The van der Waals surface area contributed by atoms with Crippen molar-refractivity contribution in [1.82, 2.24) is 15.0 Å². The van der Waals surface area contributed by atoms with Crippen LogP contribution in [0.25, 0.3) is 16.8 Å². The van der Waals surface area contributed by atoms with Crippen LogP contribution in [0, 0.1) is 11.6 Å². The van der Waals surface area contributed by atoms with Crippen LogP contribution in [0.5, 0.6) is 0 Å². The van der Waals surface area contributed by atoms with Gasteiger partial charge >= 0.3 is 0 Å². The molecule has 32 heavy (non-hydrogen) atoms. The van der Waals surface area contributed by atoms with Crippen molar-refractivity contribution in [3.05, 3.63) is 100 Å². The number of methoxy groups -OCH3 is 1. The van der Waals surface area contributed by atoms with Crippen LogP contribution in [-0.2, 0) is 11.3 Å². The van der Waals surface area contributed by atoms with Gasteiger partial charge in [0.05, 0.1) is 17.9 Å². The molecule has 0 bridgehead atoms. The number of benzene rings is 3. The zero-order chi connectivity index (χ0) is 22.4. The zero-order valence-electron chi connectivity index (χ0n) is 16.8. The molecular formula is C24H15F2N3O3. The summed E-state index contributed by atoms with van der Waals surface area (Å²) in [6.07, 6.45) is 0. The van der Waals surface area contributed by atoms with E-state index in [0.717, 1.165) is 22.4 Å². The quantitative estimate of drug-likeness (QED) is 0.428. The fourth-order valence-electron chi connectivity index (χ4n) is 3.89. The van der Waals surface area contributed by atoms with Crippen LogP contribution in [0.1, 0.15) is 37.7 Å². The lowest BCUT2D eigenvalue weighted by Gasteiger charge is -2.15. The summed E-state index contributed by atoms with van der Waals surface area (Å²) in [5.74, 6) is -2.63. The van der Waals surface area contributed by atoms with Gasteiger partial charge in [0.1, 0.15) is 17.3 Å². The Morgan fingerprint density at radius 2 is 1.59 bits per heavy atom. The number of carbonyl (C=O) groups is 2. The number of ketones is 2. The van der Waals surface area contributed by atoms with E-state index in [9.17, 15) is 9.59 Å². The van der Waals surface area contributed by atoms with Gasteiger partial charge in [-0.1, -0.05) is 47.7 Å². The second kappa shape index (κ2) is 7.58. The first-order valence-corrected chi connectivity index (χ1v) is 9.71. The SMILES string of the molecule is COCc1cccc(-c2c(F)cc(-n3nnc4c3C(=O)c3ccccc3C4=O)cc2F)c1. The molecular weight excluding hydrogens is 416 g/mol. The van der Waals surface area contributed by atoms with E-state index in [2.05, 4.69) is 10.3 Å². The topological polar surface area (TPSA) is 74.1 Å². The molecule has 1 aliphatic carbocycles. The summed E-state index contributed by atoms with van der Waals surface area (Å²) >= 11 is 0. The minimum absolute atomic E-state index is 0.0499. The third kappa shape index (κ3) is 3.04. The molecule has 0 fully saturated rings. The minimum atomic E-state index is -0.839. The van der Waals surface area contributed by atoms with Crippen LogP contribution in [0.2, 0.25) is 0 Å². The lowest BCUT2D eigenvalue weighted by Crippen LogP contribution is -2.23. The molecule has 0 amide bonds. The molecule has 0 aliphatic heterocycles. The Hall–Kier alpha value is -4.04. The van der Waals surface area contributed by atoms with Crippen molar-refractivity contribution in [3.8, 4) is 16.8 Å². The van der Waals surface area contributed by atoms with Crippen LogP contribution in [0.3, 0.4) is 0 Å². The zero-order valence-corrected chi connectivity index (χ0v) is 16.8. The summed E-state index contributed by atoms with van der Waals surface area (Å²) in [6, 6.07) is 15.2. The van der Waals surface area contributed by atoms with Gasteiger partial charge < -0.3 is 4.74 Å². The Morgan fingerprint density at radius 1 is 0.906 bits per heavy atom. The van der Waals surface area contributed by atoms with Gasteiger partial charge in [-0.3, -0.25) is 9.59 Å². The summed E-state index contributed by atoms with van der Waals surface area (Å²) in [7, 11) is 1.53. The van der Waals surface area contributed by atoms with Crippen LogP contribution in [0.4, 0.5) is 8.78 Å². The number of ether oxygens (including phenoxy) is 1. The molecule has 0 saturated heterocycles. The summed E-state index contributed by atoms with van der Waals surface area (Å²) in [4.78, 5) is 25.7. The van der Waals surface area contributed by atoms with Crippen molar-refractivity contribution >= 4 is 11.6 Å². The molecule has 158 valence electrons. The van der Waals surface area contributed by atoms with E-state index in [-0.39, 0.29) is 33.8 Å². The third-order valence-electron chi connectivity index (χ3n) is 5.31. The van der Waals surface area contributed by atoms with E-state index < -0.39 is 23.2 Å². The van der Waals surface area contributed by atoms with Crippen molar-refractivity contribution in [3.63, 3.8) is 0 Å². The van der Waals surface area contributed by atoms with E-state index in [4.69, 9.17) is 4.74 Å². The van der Waals surface area contributed by atoms with Crippen molar-refractivity contribution in [1.29, 1.82) is 0 Å². The fourth-order valence-corrected chi connectivity index (χ4v) is 3.89. The predicted octanol–water partition coefficient (Wildman–Crippen LogP) is 4.13. The lowest BCUT2D eigenvalue weighted by molar-refractivity contribution is 0.0972. The second-order valence-electron chi connectivity index (χ2n) is 7.32. The maximum Gasteiger partial charge on any atom is 0.216 e. The standard InChI is InChI=1S/C24H15F2N3O3/c1-32-12-13-5-4-6-14(9-13)20-18(25)10-15(11-19(20)26)29-22-21(27-28-29)23(30)16-7-2-3-8-17(16)24(22)31/h2-11H,12H2,1H3. The molecule has 0 unspecified atom stereocenters. The van der Waals surface area contributed by atoms with E-state index in [0.29, 0.717) is 12.2 Å². The van der Waals surface area contributed by atoms with Crippen LogP contribution >= 0.6 is 0 Å². The second-order valence-corrected chi connectivity index (χ2v) is 7.32. The first kappa shape index (κ1) is 19.9. The largest absolute Gasteiger partial charge is 0.380 e. The average molecular weight is 431 g/mol. The summed E-state index contributed by atoms with van der Waals surface area (Å²) in [6.45, 7) is 0.303. The summed E-state index contributed by atoms with van der Waals surface area (Å²) < 4.78 is 36.2. The molecule has 5 rings (SSSR count). The summed E-state index contributed by atoms with van der Waals surface area (Å²) in [5, 5.41) is 7.67. The third-order valence-corrected chi connectivity index (χ3v) is 5.31. The number of halogens is 2. The van der Waals surface area contributed by atoms with Gasteiger partial charge in [0.2, 0.25) is 11.6 Å². The first-order chi connectivity index (χ1) is 15.5. The summed E-state index contributed by atoms with van der Waals surface area (Å²) in [5.41, 5.74) is 0.998. The molecule has 1 aliphatic rings. The Kier molecular flexibility index (Phi) is 4.71. The monoisotopic (exact) mass is 431 g/mol. The normalized spacial score (nSPS) is 12.6. The highest BCUT2D eigenvalue weighted by atomic mass is 19.1. The molecule has 0 saturated carbocycles. The number of nitrogens with zero attached hydrogens (tertiary/aromatic N) is 3. The number of aromatic nitrogens is 3. The lowest BCUT2D eigenvalue weighted by atomic mass is 9.90. The number of rotatable bonds is 4. The van der Waals surface area contributed by atoms with Gasteiger partial charge in [-0.05, 0) is 17.2 Å². The maximum absolute atomic E-state index is 15.1. The Bertz CT molecular complexity index is 1390. The number of hydrogen-bond donors (Lipinski definition) is 0. The van der Waals surface area contributed by atoms with E-state index in [1.165, 1.54) is 19.2 Å². The Balaban J connectivity index is 1.61. The molecule has 3 aromatic carbocycles. The highest BCUT2D eigenvalue weighted by molar-refractivity contribution is 6.27. The van der Waals surface area contributed by atoms with Gasteiger partial charge in [0.15, 0.2) is 5.69 Å². The number of hydrogen-bond acceptors (Lipinski definition) is 5. The molecule has 8 heteroatoms. The molecule has 1 heterocycles. The van der Waals surface area contributed by atoms with E-state index in [1.807, 2.05) is 0 Å². The van der Waals surface area contributed by atoms with Gasteiger partial charge in [0.25, 0.3) is 0 Å². The minimum Gasteiger partial charge on any atom is -0.380 e. The molecule has 0 radical (unpaired) electrons. The molecule has 6 nitrogen and oxygen atoms in total. The smallest absolute Gasteiger partial charge is 0.216 e. The fraction of sp³-hybridized carbons (Fsp3) is 0.0833. The molecule has 0 N–H and O–H groups in total. The highest BCUT2D eigenvalue weighted by Gasteiger charge is 2.35. The van der Waals surface area contributed by atoms with Crippen LogP contribution in [0.15, 0.2) is 60.7 Å². The van der Waals surface area contributed by atoms with E-state index in [1.54, 1.807) is 36.4 Å². The van der Waals surface area contributed by atoms with Gasteiger partial charge in [-0.2, -0.15) is 0 Å². The molecule has 4 aromatic rings. The Morgan fingerprint density at radius 3 is 2.28 bits per heavy atom. The molecule has 0 atom stereocenters. The molecule has 1 aromatic heterocycles. The first-order valence-electron chi connectivity index (χ1n) is 9.71. The average Bonchev–Trinajstić information content (AvgIpc) is 3.23. The molecule has 0 spiro atoms.